The molecule has 0 spiro atoms. The number of fused-ring (bicyclic) bond motifs is 1. The lowest BCUT2D eigenvalue weighted by molar-refractivity contribution is -0.122. The van der Waals surface area contributed by atoms with Gasteiger partial charge in [0.25, 0.3) is 11.8 Å². The lowest BCUT2D eigenvalue weighted by Crippen LogP contribution is -2.54. The Labute approximate surface area is 195 Å². The molecule has 1 aliphatic heterocycles. The number of imide groups is 2. The molecule has 4 amide bonds. The molecule has 7 nitrogen and oxygen atoms in total. The molecule has 0 saturated carbocycles. The number of benzene rings is 3. The molecule has 2 heterocycles. The maximum absolute atomic E-state index is 13.3. The van der Waals surface area contributed by atoms with Crippen LogP contribution in [0.2, 0.25) is 0 Å². The number of para-hydroxylation sites is 1. The first kappa shape index (κ1) is 21.2. The second-order valence-electron chi connectivity index (χ2n) is 7.87. The van der Waals surface area contributed by atoms with Crippen LogP contribution in [-0.2, 0) is 16.1 Å². The number of nitrogens with one attached hydrogen (secondary N) is 1. The quantitative estimate of drug-likeness (QED) is 0.361. The Hall–Kier alpha value is -4.65. The van der Waals surface area contributed by atoms with Crippen LogP contribution >= 0.6 is 0 Å². The summed E-state index contributed by atoms with van der Waals surface area (Å²) in [5.41, 5.74) is 3.05. The number of hydrogen-bond acceptors (Lipinski definition) is 4. The number of carbonyl (C=O) groups excluding carboxylic acids is 3. The number of anilines is 1. The number of barbiturate groups is 1. The van der Waals surface area contributed by atoms with Crippen molar-refractivity contribution in [2.45, 2.75) is 6.54 Å². The number of urea groups is 1. The molecule has 1 saturated heterocycles. The minimum atomic E-state index is -0.788. The largest absolute Gasteiger partial charge is 0.497 e. The van der Waals surface area contributed by atoms with Crippen molar-refractivity contribution in [2.75, 3.05) is 12.0 Å². The summed E-state index contributed by atoms with van der Waals surface area (Å²) in [5.74, 6) is -0.815. The SMILES string of the molecule is COc1ccc(N2C(=O)NC(=O)C(=Cc3cn(Cc4ccccc4)c4ccccc34)C2=O)cc1. The van der Waals surface area contributed by atoms with Crippen LogP contribution in [0.1, 0.15) is 11.1 Å². The highest BCUT2D eigenvalue weighted by atomic mass is 16.5. The molecule has 1 aromatic heterocycles. The first-order valence-corrected chi connectivity index (χ1v) is 10.7. The van der Waals surface area contributed by atoms with E-state index in [9.17, 15) is 14.4 Å². The van der Waals surface area contributed by atoms with Crippen molar-refractivity contribution < 1.29 is 19.1 Å². The van der Waals surface area contributed by atoms with E-state index in [1.165, 1.54) is 7.11 Å². The Bertz CT molecular complexity index is 1440. The third-order valence-electron chi connectivity index (χ3n) is 5.75. The van der Waals surface area contributed by atoms with Crippen LogP contribution in [0.15, 0.2) is 90.6 Å². The highest BCUT2D eigenvalue weighted by molar-refractivity contribution is 6.39. The Balaban J connectivity index is 1.55. The standard InChI is InChI=1S/C27H21N3O4/c1-34-21-13-11-20(12-14-21)30-26(32)23(25(31)28-27(30)33)15-19-17-29(16-18-7-3-2-4-8-18)24-10-6-5-9-22(19)24/h2-15,17H,16H2,1H3,(H,28,31,33). The van der Waals surface area contributed by atoms with Crippen molar-refractivity contribution in [3.8, 4) is 5.75 Å². The number of methoxy groups -OCH3 is 1. The smallest absolute Gasteiger partial charge is 0.335 e. The van der Waals surface area contributed by atoms with E-state index in [1.54, 1.807) is 30.3 Å². The molecule has 3 aromatic carbocycles. The van der Waals surface area contributed by atoms with Gasteiger partial charge in [-0.1, -0.05) is 48.5 Å². The molecular weight excluding hydrogens is 430 g/mol. The van der Waals surface area contributed by atoms with Gasteiger partial charge in [-0.05, 0) is 42.0 Å². The average Bonchev–Trinajstić information content (AvgIpc) is 3.20. The lowest BCUT2D eigenvalue weighted by atomic mass is 10.1. The Morgan fingerprint density at radius 1 is 0.882 bits per heavy atom. The van der Waals surface area contributed by atoms with Gasteiger partial charge in [-0.15, -0.1) is 0 Å². The molecule has 168 valence electrons. The van der Waals surface area contributed by atoms with Crippen molar-refractivity contribution in [1.29, 1.82) is 0 Å². The molecule has 34 heavy (non-hydrogen) atoms. The summed E-state index contributed by atoms with van der Waals surface area (Å²) in [6.07, 6.45) is 3.46. The summed E-state index contributed by atoms with van der Waals surface area (Å²) in [5, 5.41) is 3.18. The zero-order valence-corrected chi connectivity index (χ0v) is 18.4. The number of aromatic nitrogens is 1. The molecule has 1 fully saturated rings. The third-order valence-corrected chi connectivity index (χ3v) is 5.75. The molecule has 0 unspecified atom stereocenters. The number of amides is 4. The molecule has 0 atom stereocenters. The molecule has 7 heteroatoms. The monoisotopic (exact) mass is 451 g/mol. The van der Waals surface area contributed by atoms with Crippen LogP contribution in [0.4, 0.5) is 10.5 Å². The van der Waals surface area contributed by atoms with Gasteiger partial charge in [-0.2, -0.15) is 0 Å². The Morgan fingerprint density at radius 2 is 1.59 bits per heavy atom. The minimum Gasteiger partial charge on any atom is -0.497 e. The Morgan fingerprint density at radius 3 is 2.32 bits per heavy atom. The minimum absolute atomic E-state index is 0.113. The van der Waals surface area contributed by atoms with E-state index in [-0.39, 0.29) is 5.57 Å². The van der Waals surface area contributed by atoms with Crippen molar-refractivity contribution >= 4 is 40.5 Å². The first-order valence-electron chi connectivity index (χ1n) is 10.7. The summed E-state index contributed by atoms with van der Waals surface area (Å²) >= 11 is 0. The number of hydrogen-bond donors (Lipinski definition) is 1. The predicted molar refractivity (Wildman–Crippen MR) is 129 cm³/mol. The van der Waals surface area contributed by atoms with Crippen molar-refractivity contribution in [2.24, 2.45) is 0 Å². The number of nitrogens with zero attached hydrogens (tertiary/aromatic N) is 2. The molecule has 4 aromatic rings. The Kier molecular flexibility index (Phi) is 5.43. The second kappa shape index (κ2) is 8.71. The van der Waals surface area contributed by atoms with E-state index < -0.39 is 17.8 Å². The summed E-state index contributed by atoms with van der Waals surface area (Å²) in [7, 11) is 1.53. The molecule has 5 rings (SSSR count). The van der Waals surface area contributed by atoms with E-state index in [2.05, 4.69) is 9.88 Å². The number of ether oxygens (including phenoxy) is 1. The van der Waals surface area contributed by atoms with E-state index in [0.29, 0.717) is 23.5 Å². The lowest BCUT2D eigenvalue weighted by Gasteiger charge is -2.26. The summed E-state index contributed by atoms with van der Waals surface area (Å²) in [6.45, 7) is 0.640. The summed E-state index contributed by atoms with van der Waals surface area (Å²) < 4.78 is 7.22. The topological polar surface area (TPSA) is 80.6 Å². The van der Waals surface area contributed by atoms with Crippen molar-refractivity contribution in [1.82, 2.24) is 9.88 Å². The molecule has 0 bridgehead atoms. The van der Waals surface area contributed by atoms with Crippen LogP contribution in [-0.4, -0.2) is 29.5 Å². The molecule has 0 aliphatic carbocycles. The maximum atomic E-state index is 13.3. The van der Waals surface area contributed by atoms with Crippen LogP contribution in [0.3, 0.4) is 0 Å². The summed E-state index contributed by atoms with van der Waals surface area (Å²) in [4.78, 5) is 39.4. The fourth-order valence-corrected chi connectivity index (χ4v) is 4.08. The van der Waals surface area contributed by atoms with Gasteiger partial charge in [0.2, 0.25) is 0 Å². The van der Waals surface area contributed by atoms with Crippen LogP contribution in [0.25, 0.3) is 17.0 Å². The van der Waals surface area contributed by atoms with Gasteiger partial charge in [0.15, 0.2) is 0 Å². The maximum Gasteiger partial charge on any atom is 0.335 e. The zero-order chi connectivity index (χ0) is 23.7. The zero-order valence-electron chi connectivity index (χ0n) is 18.4. The van der Waals surface area contributed by atoms with E-state index >= 15 is 0 Å². The van der Waals surface area contributed by atoms with Gasteiger partial charge in [-0.3, -0.25) is 14.9 Å². The predicted octanol–water partition coefficient (Wildman–Crippen LogP) is 4.36. The number of rotatable bonds is 5. The van der Waals surface area contributed by atoms with E-state index in [1.807, 2.05) is 60.8 Å². The van der Waals surface area contributed by atoms with Gasteiger partial charge in [0, 0.05) is 29.2 Å². The first-order chi connectivity index (χ1) is 16.5. The van der Waals surface area contributed by atoms with Gasteiger partial charge in [0.1, 0.15) is 11.3 Å². The third kappa shape index (κ3) is 3.84. The van der Waals surface area contributed by atoms with Crippen LogP contribution < -0.4 is 15.0 Å². The summed E-state index contributed by atoms with van der Waals surface area (Å²) in [6, 6.07) is 23.5. The van der Waals surface area contributed by atoms with Gasteiger partial charge in [0.05, 0.1) is 12.8 Å². The second-order valence-corrected chi connectivity index (χ2v) is 7.87. The van der Waals surface area contributed by atoms with E-state index in [4.69, 9.17) is 4.74 Å². The van der Waals surface area contributed by atoms with Crippen LogP contribution in [0, 0.1) is 0 Å². The fraction of sp³-hybridized carbons (Fsp3) is 0.0741. The molecule has 0 radical (unpaired) electrons. The normalized spacial score (nSPS) is 15.1. The van der Waals surface area contributed by atoms with Crippen molar-refractivity contribution in [3.05, 3.63) is 102 Å². The van der Waals surface area contributed by atoms with Crippen LogP contribution in [0.5, 0.6) is 5.75 Å². The average molecular weight is 451 g/mol. The van der Waals surface area contributed by atoms with Gasteiger partial charge < -0.3 is 9.30 Å². The number of carbonyl (C=O) groups is 3. The van der Waals surface area contributed by atoms with Gasteiger partial charge >= 0.3 is 6.03 Å². The molecule has 1 aliphatic rings. The van der Waals surface area contributed by atoms with E-state index in [0.717, 1.165) is 21.4 Å². The fourth-order valence-electron chi connectivity index (χ4n) is 4.08. The molecular formula is C27H21N3O4. The highest BCUT2D eigenvalue weighted by Gasteiger charge is 2.37. The van der Waals surface area contributed by atoms with Gasteiger partial charge in [-0.25, -0.2) is 9.69 Å². The molecule has 1 N–H and O–H groups in total. The van der Waals surface area contributed by atoms with Crippen molar-refractivity contribution in [3.63, 3.8) is 0 Å². The highest BCUT2D eigenvalue weighted by Crippen LogP contribution is 2.28.